The summed E-state index contributed by atoms with van der Waals surface area (Å²) in [6, 6.07) is 36.2. The SMILES string of the molecule is Cc1cc(C)c(N=P(Nc2ccccc2)(c2ccccc2)c2ccccc2)c(C)c1. The van der Waals surface area contributed by atoms with Crippen LogP contribution in [0.3, 0.4) is 0 Å². The van der Waals surface area contributed by atoms with Crippen molar-refractivity contribution in [2.75, 3.05) is 5.09 Å². The minimum Gasteiger partial charge on any atom is -0.345 e. The lowest BCUT2D eigenvalue weighted by molar-refractivity contribution is 1.29. The van der Waals surface area contributed by atoms with Crippen molar-refractivity contribution in [2.45, 2.75) is 20.8 Å². The average molecular weight is 411 g/mol. The maximum Gasteiger partial charge on any atom is 0.115 e. The third kappa shape index (κ3) is 4.10. The smallest absolute Gasteiger partial charge is 0.115 e. The standard InChI is InChI=1S/C27H27N2P/c1-21-19-22(2)27(23(3)20-21)29-30(25-15-9-5-10-16-25,26-17-11-6-12-18-26)28-24-13-7-4-8-14-24/h4-20,28H,1-3H3. The molecule has 30 heavy (non-hydrogen) atoms. The van der Waals surface area contributed by atoms with Gasteiger partial charge in [0.2, 0.25) is 0 Å². The second-order valence-electron chi connectivity index (χ2n) is 7.63. The molecule has 0 spiro atoms. The number of nitrogens with zero attached hydrogens (tertiary/aromatic N) is 1. The highest BCUT2D eigenvalue weighted by Crippen LogP contribution is 2.51. The molecule has 0 bridgehead atoms. The first-order valence-corrected chi connectivity index (χ1v) is 12.0. The van der Waals surface area contributed by atoms with Crippen LogP contribution in [-0.4, -0.2) is 0 Å². The van der Waals surface area contributed by atoms with Crippen LogP contribution in [0.25, 0.3) is 0 Å². The maximum atomic E-state index is 5.57. The van der Waals surface area contributed by atoms with Gasteiger partial charge in [-0.1, -0.05) is 96.6 Å². The molecular weight excluding hydrogens is 383 g/mol. The second kappa shape index (κ2) is 8.73. The molecule has 0 aliphatic carbocycles. The van der Waals surface area contributed by atoms with Gasteiger partial charge in [-0.25, -0.2) is 4.74 Å². The van der Waals surface area contributed by atoms with E-state index in [-0.39, 0.29) is 0 Å². The average Bonchev–Trinajstić information content (AvgIpc) is 2.77. The van der Waals surface area contributed by atoms with Crippen molar-refractivity contribution in [1.29, 1.82) is 0 Å². The molecule has 150 valence electrons. The summed E-state index contributed by atoms with van der Waals surface area (Å²) >= 11 is 0. The Hall–Kier alpha value is -3.09. The number of para-hydroxylation sites is 1. The van der Waals surface area contributed by atoms with Gasteiger partial charge in [-0.15, -0.1) is 0 Å². The second-order valence-corrected chi connectivity index (χ2v) is 10.4. The Bertz CT molecular complexity index is 1120. The molecule has 0 saturated carbocycles. The highest BCUT2D eigenvalue weighted by atomic mass is 31.2. The summed E-state index contributed by atoms with van der Waals surface area (Å²) in [6.07, 6.45) is 0. The number of anilines is 1. The molecular formula is C27H27N2P. The molecule has 1 N–H and O–H groups in total. The van der Waals surface area contributed by atoms with Gasteiger partial charge in [-0.3, -0.25) is 0 Å². The molecule has 0 heterocycles. The molecule has 0 amide bonds. The molecule has 0 aliphatic heterocycles. The molecule has 0 atom stereocenters. The van der Waals surface area contributed by atoms with Crippen molar-refractivity contribution in [1.82, 2.24) is 0 Å². The van der Waals surface area contributed by atoms with Crippen LogP contribution in [-0.2, 0) is 0 Å². The Morgan fingerprint density at radius 1 is 0.600 bits per heavy atom. The fraction of sp³-hybridized carbons (Fsp3) is 0.111. The highest BCUT2D eigenvalue weighted by molar-refractivity contribution is 7.82. The molecule has 2 nitrogen and oxygen atoms in total. The monoisotopic (exact) mass is 410 g/mol. The Morgan fingerprint density at radius 3 is 1.50 bits per heavy atom. The summed E-state index contributed by atoms with van der Waals surface area (Å²) in [5, 5.41) is 6.30. The van der Waals surface area contributed by atoms with Crippen molar-refractivity contribution in [3.8, 4) is 0 Å². The predicted octanol–water partition coefficient (Wildman–Crippen LogP) is 7.12. The minimum absolute atomic E-state index is 1.07. The number of nitrogens with one attached hydrogen (secondary N) is 1. The summed E-state index contributed by atoms with van der Waals surface area (Å²) < 4.78 is 5.57. The number of hydrogen-bond acceptors (Lipinski definition) is 1. The molecule has 0 aromatic heterocycles. The fourth-order valence-electron chi connectivity index (χ4n) is 3.89. The topological polar surface area (TPSA) is 24.4 Å². The fourth-order valence-corrected chi connectivity index (χ4v) is 7.07. The normalized spacial score (nSPS) is 11.2. The van der Waals surface area contributed by atoms with Gasteiger partial charge in [0.1, 0.15) is 7.21 Å². The zero-order chi connectivity index (χ0) is 21.0. The third-order valence-corrected chi connectivity index (χ3v) is 8.38. The van der Waals surface area contributed by atoms with E-state index in [0.29, 0.717) is 0 Å². The van der Waals surface area contributed by atoms with Gasteiger partial charge in [0.25, 0.3) is 0 Å². The van der Waals surface area contributed by atoms with Crippen LogP contribution in [0.15, 0.2) is 108 Å². The van der Waals surface area contributed by atoms with Crippen LogP contribution in [0.4, 0.5) is 11.4 Å². The van der Waals surface area contributed by atoms with Crippen LogP contribution < -0.4 is 15.7 Å². The Balaban J connectivity index is 2.08. The maximum absolute atomic E-state index is 5.57. The first-order chi connectivity index (χ1) is 14.6. The molecule has 4 aromatic carbocycles. The van der Waals surface area contributed by atoms with Crippen molar-refractivity contribution in [3.63, 3.8) is 0 Å². The molecule has 0 radical (unpaired) electrons. The number of benzene rings is 4. The molecule has 0 aliphatic rings. The van der Waals surface area contributed by atoms with Crippen molar-refractivity contribution >= 4 is 29.2 Å². The Kier molecular flexibility index (Phi) is 5.88. The van der Waals surface area contributed by atoms with Gasteiger partial charge in [0.05, 0.1) is 5.69 Å². The largest absolute Gasteiger partial charge is 0.345 e. The van der Waals surface area contributed by atoms with Crippen LogP contribution in [0, 0.1) is 20.8 Å². The van der Waals surface area contributed by atoms with Crippen LogP contribution in [0.5, 0.6) is 0 Å². The van der Waals surface area contributed by atoms with E-state index in [2.05, 4.69) is 123 Å². The lowest BCUT2D eigenvalue weighted by Crippen LogP contribution is -2.22. The van der Waals surface area contributed by atoms with E-state index in [9.17, 15) is 0 Å². The molecule has 3 heteroatoms. The van der Waals surface area contributed by atoms with Crippen LogP contribution in [0.2, 0.25) is 0 Å². The first kappa shape index (κ1) is 20.2. The zero-order valence-corrected chi connectivity index (χ0v) is 18.6. The van der Waals surface area contributed by atoms with Gasteiger partial charge >= 0.3 is 0 Å². The van der Waals surface area contributed by atoms with Crippen molar-refractivity contribution < 1.29 is 0 Å². The van der Waals surface area contributed by atoms with E-state index in [0.717, 1.165) is 11.4 Å². The lowest BCUT2D eigenvalue weighted by atomic mass is 10.1. The van der Waals surface area contributed by atoms with Crippen LogP contribution in [0.1, 0.15) is 16.7 Å². The van der Waals surface area contributed by atoms with Crippen LogP contribution >= 0.6 is 7.21 Å². The summed E-state index contributed by atoms with van der Waals surface area (Å²) in [5.74, 6) is 0. The molecule has 4 rings (SSSR count). The lowest BCUT2D eigenvalue weighted by Gasteiger charge is -2.29. The number of aryl methyl sites for hydroxylation is 3. The minimum atomic E-state index is -2.34. The predicted molar refractivity (Wildman–Crippen MR) is 132 cm³/mol. The quantitative estimate of drug-likeness (QED) is 0.348. The van der Waals surface area contributed by atoms with E-state index in [1.165, 1.54) is 27.3 Å². The number of hydrogen-bond donors (Lipinski definition) is 1. The summed E-state index contributed by atoms with van der Waals surface area (Å²) in [6.45, 7) is 6.46. The van der Waals surface area contributed by atoms with Crippen molar-refractivity contribution in [3.05, 3.63) is 120 Å². The van der Waals surface area contributed by atoms with E-state index < -0.39 is 7.21 Å². The van der Waals surface area contributed by atoms with E-state index in [1.807, 2.05) is 6.07 Å². The van der Waals surface area contributed by atoms with Gasteiger partial charge in [0.15, 0.2) is 0 Å². The van der Waals surface area contributed by atoms with Gasteiger partial charge in [-0.2, -0.15) is 0 Å². The Labute approximate surface area is 179 Å². The highest BCUT2D eigenvalue weighted by Gasteiger charge is 2.26. The third-order valence-electron chi connectivity index (χ3n) is 5.21. The number of rotatable bonds is 5. The van der Waals surface area contributed by atoms with Crippen molar-refractivity contribution in [2.24, 2.45) is 4.74 Å². The van der Waals surface area contributed by atoms with Gasteiger partial charge in [-0.05, 0) is 44.0 Å². The summed E-state index contributed by atoms with van der Waals surface area (Å²) in [5.41, 5.74) is 5.83. The summed E-state index contributed by atoms with van der Waals surface area (Å²) in [4.78, 5) is 0. The summed E-state index contributed by atoms with van der Waals surface area (Å²) in [7, 11) is -2.34. The van der Waals surface area contributed by atoms with E-state index in [4.69, 9.17) is 4.74 Å². The molecule has 4 aromatic rings. The van der Waals surface area contributed by atoms with Gasteiger partial charge < -0.3 is 5.09 Å². The molecule has 0 unspecified atom stereocenters. The van der Waals surface area contributed by atoms with Gasteiger partial charge in [0, 0.05) is 16.3 Å². The Morgan fingerprint density at radius 2 is 1.03 bits per heavy atom. The molecule has 0 fully saturated rings. The molecule has 0 saturated heterocycles. The van der Waals surface area contributed by atoms with E-state index in [1.54, 1.807) is 0 Å². The van der Waals surface area contributed by atoms with E-state index >= 15 is 0 Å². The zero-order valence-electron chi connectivity index (χ0n) is 17.7. The first-order valence-electron chi connectivity index (χ1n) is 10.2.